The van der Waals surface area contributed by atoms with Crippen molar-refractivity contribution in [3.63, 3.8) is 0 Å². The molecule has 0 bridgehead atoms. The van der Waals surface area contributed by atoms with Crippen molar-refractivity contribution >= 4 is 28.3 Å². The highest BCUT2D eigenvalue weighted by atomic mass is 32.1. The number of nitrogens with zero attached hydrogens (tertiary/aromatic N) is 8. The molecule has 1 aliphatic heterocycles. The van der Waals surface area contributed by atoms with Crippen molar-refractivity contribution in [1.82, 2.24) is 30.2 Å². The summed E-state index contributed by atoms with van der Waals surface area (Å²) in [5.74, 6) is 0.105. The van der Waals surface area contributed by atoms with Gasteiger partial charge in [-0.3, -0.25) is 9.69 Å². The number of carboxylic acids is 1. The Bertz CT molecular complexity index is 1830. The molecular weight excluding hydrogens is 662 g/mol. The molecule has 0 aromatic carbocycles. The van der Waals surface area contributed by atoms with Gasteiger partial charge in [0.2, 0.25) is 17.7 Å². The molecule has 5 heterocycles. The SMILES string of the molecule is CC(C)C(C(=O)O)c1cc(OCCOCCN2CCCN(c3nccc(-c4noc([C@@]5(C)CCCc6sc(N)c(C#N)c65)n4)n3)[C@@H](C)C2)no1. The van der Waals surface area contributed by atoms with E-state index in [1.165, 1.54) is 17.4 Å². The summed E-state index contributed by atoms with van der Waals surface area (Å²) in [7, 11) is 0. The fraction of sp³-hybridized carbons (Fsp3) is 0.559. The van der Waals surface area contributed by atoms with Crippen molar-refractivity contribution in [2.45, 2.75) is 70.8 Å². The zero-order chi connectivity index (χ0) is 35.4. The molecule has 4 aromatic heterocycles. The number of nitriles is 1. The van der Waals surface area contributed by atoms with Crippen molar-refractivity contribution in [3.05, 3.63) is 46.0 Å². The smallest absolute Gasteiger partial charge is 0.314 e. The summed E-state index contributed by atoms with van der Waals surface area (Å²) in [4.78, 5) is 31.5. The first kappa shape index (κ1) is 35.2. The first-order valence-electron chi connectivity index (χ1n) is 17.0. The van der Waals surface area contributed by atoms with Crippen LogP contribution in [0.4, 0.5) is 10.9 Å². The molecule has 50 heavy (non-hydrogen) atoms. The highest BCUT2D eigenvalue weighted by molar-refractivity contribution is 7.16. The number of aliphatic carboxylic acids is 1. The summed E-state index contributed by atoms with van der Waals surface area (Å²) in [6, 6.07) is 5.75. The predicted molar refractivity (Wildman–Crippen MR) is 184 cm³/mol. The molecule has 15 nitrogen and oxygen atoms in total. The molecule has 1 saturated heterocycles. The molecule has 266 valence electrons. The quantitative estimate of drug-likeness (QED) is 0.184. The summed E-state index contributed by atoms with van der Waals surface area (Å²) in [6.07, 6.45) is 5.26. The van der Waals surface area contributed by atoms with E-state index >= 15 is 0 Å². The first-order valence-corrected chi connectivity index (χ1v) is 17.8. The van der Waals surface area contributed by atoms with Gasteiger partial charge in [-0.2, -0.15) is 10.2 Å². The van der Waals surface area contributed by atoms with Crippen LogP contribution in [0.3, 0.4) is 0 Å². The molecule has 16 heteroatoms. The minimum absolute atomic E-state index is 0.138. The van der Waals surface area contributed by atoms with Crippen molar-refractivity contribution in [2.24, 2.45) is 5.92 Å². The van der Waals surface area contributed by atoms with E-state index in [-0.39, 0.29) is 30.2 Å². The van der Waals surface area contributed by atoms with Crippen LogP contribution < -0.4 is 15.4 Å². The molecular formula is C34H43N9O6S. The number of ether oxygens (including phenoxy) is 2. The number of aromatic nitrogens is 5. The van der Waals surface area contributed by atoms with Gasteiger partial charge in [0.15, 0.2) is 5.76 Å². The standard InChI is InChI=1S/C34H43N9O6S/c1-20(2)27(31(44)45)24-17-26(40-48-24)47-16-15-46-14-13-42-11-6-12-43(21(3)19-42)33-37-10-8-23(38-33)30-39-32(49-41-30)34(4)9-5-7-25-28(34)22(18-35)29(36)50-25/h8,10,17,20-21,27H,5-7,9,11-16,19,36H2,1-4H3,(H,44,45)/t21-,27?,34-/m0/s1. The number of nitrogen functional groups attached to an aromatic ring is 1. The predicted octanol–water partition coefficient (Wildman–Crippen LogP) is 4.49. The number of aryl methyl sites for hydroxylation is 1. The number of hydrogen-bond acceptors (Lipinski definition) is 15. The van der Waals surface area contributed by atoms with Gasteiger partial charge in [0, 0.05) is 48.4 Å². The average Bonchev–Trinajstić information content (AvgIpc) is 3.81. The molecule has 1 aliphatic carbocycles. The Kier molecular flexibility index (Phi) is 10.7. The van der Waals surface area contributed by atoms with E-state index in [1.54, 1.807) is 12.3 Å². The number of carboxylic acid groups (broad SMARTS) is 1. The monoisotopic (exact) mass is 705 g/mol. The zero-order valence-corrected chi connectivity index (χ0v) is 29.6. The minimum atomic E-state index is -0.957. The van der Waals surface area contributed by atoms with E-state index in [0.29, 0.717) is 47.1 Å². The number of thiophene rings is 1. The average molecular weight is 706 g/mol. The largest absolute Gasteiger partial charge is 0.481 e. The normalized spacial score (nSPS) is 20.3. The molecule has 6 rings (SSSR count). The van der Waals surface area contributed by atoms with Gasteiger partial charge >= 0.3 is 5.97 Å². The van der Waals surface area contributed by atoms with Crippen LogP contribution in [0.25, 0.3) is 11.5 Å². The zero-order valence-electron chi connectivity index (χ0n) is 28.8. The molecule has 4 aromatic rings. The number of hydrogen-bond donors (Lipinski definition) is 2. The lowest BCUT2D eigenvalue weighted by Gasteiger charge is -2.30. The van der Waals surface area contributed by atoms with E-state index in [2.05, 4.69) is 38.1 Å². The molecule has 1 unspecified atom stereocenters. The molecule has 0 radical (unpaired) electrons. The second-order valence-corrected chi connectivity index (χ2v) is 14.5. The second kappa shape index (κ2) is 15.1. The third-order valence-electron chi connectivity index (χ3n) is 9.48. The Morgan fingerprint density at radius 3 is 2.84 bits per heavy atom. The summed E-state index contributed by atoms with van der Waals surface area (Å²) in [6.45, 7) is 12.3. The summed E-state index contributed by atoms with van der Waals surface area (Å²) >= 11 is 1.48. The van der Waals surface area contributed by atoms with Crippen LogP contribution in [0.15, 0.2) is 27.4 Å². The van der Waals surface area contributed by atoms with E-state index in [0.717, 1.165) is 62.3 Å². The maximum atomic E-state index is 11.5. The number of fused-ring (bicyclic) bond motifs is 1. The molecule has 1 fully saturated rings. The third-order valence-corrected chi connectivity index (χ3v) is 10.6. The van der Waals surface area contributed by atoms with Gasteiger partial charge in [0.1, 0.15) is 29.3 Å². The Labute approximate surface area is 294 Å². The van der Waals surface area contributed by atoms with Crippen molar-refractivity contribution in [3.8, 4) is 23.5 Å². The van der Waals surface area contributed by atoms with Gasteiger partial charge in [-0.25, -0.2) is 9.97 Å². The van der Waals surface area contributed by atoms with E-state index < -0.39 is 17.3 Å². The van der Waals surface area contributed by atoms with Crippen molar-refractivity contribution < 1.29 is 28.4 Å². The summed E-state index contributed by atoms with van der Waals surface area (Å²) in [5.41, 5.74) is 7.59. The van der Waals surface area contributed by atoms with Gasteiger partial charge in [-0.05, 0) is 63.2 Å². The fourth-order valence-corrected chi connectivity index (χ4v) is 8.14. The van der Waals surface area contributed by atoms with Gasteiger partial charge in [0.25, 0.3) is 5.88 Å². The number of anilines is 2. The second-order valence-electron chi connectivity index (χ2n) is 13.4. The lowest BCUT2D eigenvalue weighted by molar-refractivity contribution is -0.140. The molecule has 3 N–H and O–H groups in total. The van der Waals surface area contributed by atoms with E-state index in [1.807, 2.05) is 20.8 Å². The minimum Gasteiger partial charge on any atom is -0.481 e. The van der Waals surface area contributed by atoms with Crippen LogP contribution in [0, 0.1) is 17.2 Å². The maximum Gasteiger partial charge on any atom is 0.314 e. The van der Waals surface area contributed by atoms with Crippen LogP contribution in [0.1, 0.15) is 80.5 Å². The Morgan fingerprint density at radius 2 is 2.06 bits per heavy atom. The third kappa shape index (κ3) is 7.30. The molecule has 3 atom stereocenters. The molecule has 2 aliphatic rings. The molecule has 0 amide bonds. The summed E-state index contributed by atoms with van der Waals surface area (Å²) in [5, 5.41) is 28.0. The molecule has 0 spiro atoms. The first-order chi connectivity index (χ1) is 24.1. The van der Waals surface area contributed by atoms with Gasteiger partial charge in [-0.15, -0.1) is 11.3 Å². The van der Waals surface area contributed by atoms with Crippen LogP contribution in [-0.4, -0.2) is 93.3 Å². The summed E-state index contributed by atoms with van der Waals surface area (Å²) < 4.78 is 22.5. The number of nitrogens with two attached hydrogens (primary N) is 1. The van der Waals surface area contributed by atoms with E-state index in [4.69, 9.17) is 34.2 Å². The van der Waals surface area contributed by atoms with Crippen LogP contribution in [0.2, 0.25) is 0 Å². The van der Waals surface area contributed by atoms with Gasteiger partial charge < -0.3 is 34.3 Å². The van der Waals surface area contributed by atoms with Crippen LogP contribution >= 0.6 is 11.3 Å². The van der Waals surface area contributed by atoms with Gasteiger partial charge in [0.05, 0.1) is 24.2 Å². The lowest BCUT2D eigenvalue weighted by Crippen LogP contribution is -2.40. The highest BCUT2D eigenvalue weighted by Crippen LogP contribution is 2.48. The Hall–Kier alpha value is -4.59. The molecule has 0 saturated carbocycles. The number of rotatable bonds is 13. The Balaban J connectivity index is 1.01. The van der Waals surface area contributed by atoms with Crippen LogP contribution in [-0.2, 0) is 21.4 Å². The lowest BCUT2D eigenvalue weighted by atomic mass is 9.72. The highest BCUT2D eigenvalue weighted by Gasteiger charge is 2.43. The fourth-order valence-electron chi connectivity index (χ4n) is 6.94. The topological polar surface area (TPSA) is 203 Å². The van der Waals surface area contributed by atoms with Crippen LogP contribution in [0.5, 0.6) is 5.88 Å². The maximum absolute atomic E-state index is 11.5. The van der Waals surface area contributed by atoms with Gasteiger partial charge in [-0.1, -0.05) is 19.0 Å². The van der Waals surface area contributed by atoms with E-state index in [9.17, 15) is 15.2 Å². The van der Waals surface area contributed by atoms with Crippen molar-refractivity contribution in [1.29, 1.82) is 5.26 Å². The Morgan fingerprint density at radius 1 is 1.22 bits per heavy atom. The number of carbonyl (C=O) groups is 1. The van der Waals surface area contributed by atoms with Crippen molar-refractivity contribution in [2.75, 3.05) is 56.6 Å².